The number of amides is 1. The Morgan fingerprint density at radius 2 is 1.89 bits per heavy atom. The van der Waals surface area contributed by atoms with Crippen LogP contribution in [-0.4, -0.2) is 38.9 Å². The standard InChI is InChI=1S/C21H26N2O3S/c1-17-8-6-10-19(14-17)23(27(25,26)20-11-4-3-5-12-20)16-21(24)22-13-7-9-18(2)15-22/h3-6,8,10-12,14,18H,7,9,13,15-16H2,1-2H3. The van der Waals surface area contributed by atoms with Crippen LogP contribution in [0.3, 0.4) is 0 Å². The van der Waals surface area contributed by atoms with E-state index < -0.39 is 10.0 Å². The van der Waals surface area contributed by atoms with E-state index in [1.54, 1.807) is 47.4 Å². The van der Waals surface area contributed by atoms with Gasteiger partial charge in [0, 0.05) is 13.1 Å². The van der Waals surface area contributed by atoms with E-state index in [-0.39, 0.29) is 17.3 Å². The van der Waals surface area contributed by atoms with Crippen molar-refractivity contribution >= 4 is 21.6 Å². The summed E-state index contributed by atoms with van der Waals surface area (Å²) in [5, 5.41) is 0. The van der Waals surface area contributed by atoms with Crippen molar-refractivity contribution in [2.75, 3.05) is 23.9 Å². The van der Waals surface area contributed by atoms with Crippen LogP contribution >= 0.6 is 0 Å². The van der Waals surface area contributed by atoms with Gasteiger partial charge in [0.05, 0.1) is 10.6 Å². The summed E-state index contributed by atoms with van der Waals surface area (Å²) in [6.07, 6.45) is 2.07. The van der Waals surface area contributed by atoms with Gasteiger partial charge in [-0.25, -0.2) is 8.42 Å². The summed E-state index contributed by atoms with van der Waals surface area (Å²) in [6.45, 7) is 5.22. The Morgan fingerprint density at radius 1 is 1.15 bits per heavy atom. The molecule has 144 valence electrons. The molecule has 2 aromatic rings. The van der Waals surface area contributed by atoms with Crippen LogP contribution in [-0.2, 0) is 14.8 Å². The molecule has 2 aromatic carbocycles. The predicted octanol–water partition coefficient (Wildman–Crippen LogP) is 3.45. The van der Waals surface area contributed by atoms with Gasteiger partial charge in [0.15, 0.2) is 0 Å². The first kappa shape index (κ1) is 19.4. The van der Waals surface area contributed by atoms with Crippen molar-refractivity contribution in [3.63, 3.8) is 0 Å². The van der Waals surface area contributed by atoms with Crippen LogP contribution in [0, 0.1) is 12.8 Å². The molecule has 0 saturated carbocycles. The van der Waals surface area contributed by atoms with Crippen LogP contribution in [0.4, 0.5) is 5.69 Å². The van der Waals surface area contributed by atoms with Crippen molar-refractivity contribution in [3.8, 4) is 0 Å². The van der Waals surface area contributed by atoms with Crippen LogP contribution in [0.5, 0.6) is 0 Å². The first-order valence-electron chi connectivity index (χ1n) is 9.30. The number of benzene rings is 2. The number of carbonyl (C=O) groups is 1. The highest BCUT2D eigenvalue weighted by atomic mass is 32.2. The summed E-state index contributed by atoms with van der Waals surface area (Å²) in [6, 6.07) is 15.5. The zero-order chi connectivity index (χ0) is 19.4. The topological polar surface area (TPSA) is 57.7 Å². The molecule has 0 bridgehead atoms. The summed E-state index contributed by atoms with van der Waals surface area (Å²) in [4.78, 5) is 14.9. The van der Waals surface area contributed by atoms with Gasteiger partial charge < -0.3 is 4.90 Å². The van der Waals surface area contributed by atoms with Crippen LogP contribution in [0.25, 0.3) is 0 Å². The summed E-state index contributed by atoms with van der Waals surface area (Å²) in [7, 11) is -3.83. The molecule has 5 nitrogen and oxygen atoms in total. The number of sulfonamides is 1. The first-order valence-corrected chi connectivity index (χ1v) is 10.7. The molecule has 1 amide bonds. The number of aryl methyl sites for hydroxylation is 1. The van der Waals surface area contributed by atoms with E-state index in [4.69, 9.17) is 0 Å². The second-order valence-electron chi connectivity index (χ2n) is 7.25. The second kappa shape index (κ2) is 8.13. The van der Waals surface area contributed by atoms with E-state index in [1.807, 2.05) is 19.1 Å². The lowest BCUT2D eigenvalue weighted by Gasteiger charge is -2.33. The third-order valence-electron chi connectivity index (χ3n) is 4.91. The Balaban J connectivity index is 1.94. The second-order valence-corrected chi connectivity index (χ2v) is 9.11. The minimum absolute atomic E-state index is 0.150. The van der Waals surface area contributed by atoms with Crippen molar-refractivity contribution < 1.29 is 13.2 Å². The maximum Gasteiger partial charge on any atom is 0.264 e. The third kappa shape index (κ3) is 4.50. The fraction of sp³-hybridized carbons (Fsp3) is 0.381. The van der Waals surface area contributed by atoms with Crippen molar-refractivity contribution in [2.24, 2.45) is 5.92 Å². The minimum Gasteiger partial charge on any atom is -0.341 e. The first-order chi connectivity index (χ1) is 12.9. The van der Waals surface area contributed by atoms with Crippen molar-refractivity contribution in [2.45, 2.75) is 31.6 Å². The molecule has 1 heterocycles. The predicted molar refractivity (Wildman–Crippen MR) is 107 cm³/mol. The van der Waals surface area contributed by atoms with Gasteiger partial charge in [0.2, 0.25) is 5.91 Å². The van der Waals surface area contributed by atoms with Gasteiger partial charge >= 0.3 is 0 Å². The molecule has 0 aliphatic carbocycles. The molecule has 1 aliphatic heterocycles. The average molecular weight is 387 g/mol. The maximum absolute atomic E-state index is 13.3. The van der Waals surface area contributed by atoms with Crippen molar-refractivity contribution in [1.82, 2.24) is 4.90 Å². The SMILES string of the molecule is Cc1cccc(N(CC(=O)N2CCCC(C)C2)S(=O)(=O)c2ccccc2)c1. The van der Waals surface area contributed by atoms with E-state index >= 15 is 0 Å². The Hall–Kier alpha value is -2.34. The highest BCUT2D eigenvalue weighted by molar-refractivity contribution is 7.92. The molecule has 0 N–H and O–H groups in total. The molecule has 1 fully saturated rings. The molecule has 1 unspecified atom stereocenters. The third-order valence-corrected chi connectivity index (χ3v) is 6.70. The fourth-order valence-electron chi connectivity index (χ4n) is 3.46. The van der Waals surface area contributed by atoms with Gasteiger partial charge in [-0.3, -0.25) is 9.10 Å². The summed E-state index contributed by atoms with van der Waals surface area (Å²) >= 11 is 0. The van der Waals surface area contributed by atoms with E-state index in [0.29, 0.717) is 24.7 Å². The lowest BCUT2D eigenvalue weighted by Crippen LogP contribution is -2.46. The van der Waals surface area contributed by atoms with Crippen molar-refractivity contribution in [1.29, 1.82) is 0 Å². The number of hydrogen-bond donors (Lipinski definition) is 0. The lowest BCUT2D eigenvalue weighted by atomic mass is 10.0. The van der Waals surface area contributed by atoms with E-state index in [0.717, 1.165) is 18.4 Å². The Labute approximate surface area is 161 Å². The zero-order valence-electron chi connectivity index (χ0n) is 15.8. The number of likely N-dealkylation sites (tertiary alicyclic amines) is 1. The number of hydrogen-bond acceptors (Lipinski definition) is 3. The van der Waals surface area contributed by atoms with E-state index in [1.165, 1.54) is 4.31 Å². The Bertz CT molecular complexity index is 897. The number of piperidine rings is 1. The van der Waals surface area contributed by atoms with Gasteiger partial charge in [-0.1, -0.05) is 37.3 Å². The largest absolute Gasteiger partial charge is 0.341 e. The Morgan fingerprint density at radius 3 is 2.56 bits per heavy atom. The summed E-state index contributed by atoms with van der Waals surface area (Å²) in [5.74, 6) is 0.295. The van der Waals surface area contributed by atoms with Gasteiger partial charge in [-0.15, -0.1) is 0 Å². The number of rotatable bonds is 5. The smallest absolute Gasteiger partial charge is 0.264 e. The molecule has 1 saturated heterocycles. The van der Waals surface area contributed by atoms with Crippen LogP contribution < -0.4 is 4.31 Å². The van der Waals surface area contributed by atoms with Crippen molar-refractivity contribution in [3.05, 3.63) is 60.2 Å². The molecule has 0 radical (unpaired) electrons. The van der Waals surface area contributed by atoms with Gasteiger partial charge in [-0.2, -0.15) is 0 Å². The lowest BCUT2D eigenvalue weighted by molar-refractivity contribution is -0.131. The van der Waals surface area contributed by atoms with Crippen LogP contribution in [0.1, 0.15) is 25.3 Å². The van der Waals surface area contributed by atoms with E-state index in [2.05, 4.69) is 6.92 Å². The van der Waals surface area contributed by atoms with Crippen LogP contribution in [0.15, 0.2) is 59.5 Å². The molecule has 0 spiro atoms. The average Bonchev–Trinajstić information content (AvgIpc) is 2.66. The molecular formula is C21H26N2O3S. The highest BCUT2D eigenvalue weighted by Crippen LogP contribution is 2.25. The number of carbonyl (C=O) groups excluding carboxylic acids is 1. The summed E-state index contributed by atoms with van der Waals surface area (Å²) in [5.41, 5.74) is 1.46. The number of nitrogens with zero attached hydrogens (tertiary/aromatic N) is 2. The Kier molecular flexibility index (Phi) is 5.85. The monoisotopic (exact) mass is 386 g/mol. The van der Waals surface area contributed by atoms with Gasteiger partial charge in [0.25, 0.3) is 10.0 Å². The number of anilines is 1. The van der Waals surface area contributed by atoms with Gasteiger partial charge in [-0.05, 0) is 55.5 Å². The fourth-order valence-corrected chi connectivity index (χ4v) is 4.88. The molecule has 3 rings (SSSR count). The van der Waals surface area contributed by atoms with E-state index in [9.17, 15) is 13.2 Å². The highest BCUT2D eigenvalue weighted by Gasteiger charge is 2.30. The minimum atomic E-state index is -3.83. The molecule has 1 atom stereocenters. The zero-order valence-corrected chi connectivity index (χ0v) is 16.7. The van der Waals surface area contributed by atoms with Crippen LogP contribution in [0.2, 0.25) is 0 Å². The normalized spacial score (nSPS) is 17.6. The molecule has 27 heavy (non-hydrogen) atoms. The molecule has 1 aliphatic rings. The molecule has 6 heteroatoms. The molecule has 0 aromatic heterocycles. The molecular weight excluding hydrogens is 360 g/mol. The quantitative estimate of drug-likeness (QED) is 0.791. The van der Waals surface area contributed by atoms with Gasteiger partial charge in [0.1, 0.15) is 6.54 Å². The maximum atomic E-state index is 13.3. The summed E-state index contributed by atoms with van der Waals surface area (Å²) < 4.78 is 27.8.